The Balaban J connectivity index is 1.42. The largest absolute Gasteiger partial charge is 0.457 e. The SMILES string of the molecule is Nc1nc(F)nc2c1ncn2[C@H]1CO[C@H](COC(=O)c2ccccc2)O1. The van der Waals surface area contributed by atoms with Crippen molar-refractivity contribution in [2.45, 2.75) is 12.5 Å². The molecule has 26 heavy (non-hydrogen) atoms. The summed E-state index contributed by atoms with van der Waals surface area (Å²) in [5, 5.41) is 0. The van der Waals surface area contributed by atoms with Crippen molar-refractivity contribution in [2.24, 2.45) is 0 Å². The molecule has 0 bridgehead atoms. The Labute approximate surface area is 146 Å². The first-order chi connectivity index (χ1) is 12.6. The van der Waals surface area contributed by atoms with E-state index in [4.69, 9.17) is 19.9 Å². The van der Waals surface area contributed by atoms with Crippen molar-refractivity contribution in [2.75, 3.05) is 18.9 Å². The summed E-state index contributed by atoms with van der Waals surface area (Å²) in [7, 11) is 0. The summed E-state index contributed by atoms with van der Waals surface area (Å²) in [4.78, 5) is 23.1. The molecule has 1 saturated heterocycles. The molecule has 1 aliphatic heterocycles. The predicted octanol–water partition coefficient (Wildman–Crippen LogP) is 1.28. The molecule has 0 aliphatic carbocycles. The normalized spacial score (nSPS) is 19.7. The molecule has 0 radical (unpaired) electrons. The van der Waals surface area contributed by atoms with Crippen LogP contribution in [-0.4, -0.2) is 45.0 Å². The molecule has 134 valence electrons. The first-order valence-electron chi connectivity index (χ1n) is 7.76. The van der Waals surface area contributed by atoms with E-state index in [1.807, 2.05) is 0 Å². The van der Waals surface area contributed by atoms with Crippen molar-refractivity contribution in [1.29, 1.82) is 0 Å². The third-order valence-corrected chi connectivity index (χ3v) is 3.82. The van der Waals surface area contributed by atoms with Crippen molar-refractivity contribution in [3.8, 4) is 0 Å². The van der Waals surface area contributed by atoms with Crippen molar-refractivity contribution in [3.63, 3.8) is 0 Å². The maximum Gasteiger partial charge on any atom is 0.338 e. The summed E-state index contributed by atoms with van der Waals surface area (Å²) in [5.74, 6) is -0.532. The van der Waals surface area contributed by atoms with Crippen molar-refractivity contribution < 1.29 is 23.4 Å². The van der Waals surface area contributed by atoms with Gasteiger partial charge in [0.1, 0.15) is 6.61 Å². The molecule has 0 amide bonds. The lowest BCUT2D eigenvalue weighted by atomic mass is 10.2. The second-order valence-corrected chi connectivity index (χ2v) is 5.52. The molecule has 0 saturated carbocycles. The number of nitrogens with zero attached hydrogens (tertiary/aromatic N) is 4. The summed E-state index contributed by atoms with van der Waals surface area (Å²) in [6, 6.07) is 8.59. The van der Waals surface area contributed by atoms with Crippen molar-refractivity contribution in [1.82, 2.24) is 19.5 Å². The van der Waals surface area contributed by atoms with Crippen LogP contribution in [0.5, 0.6) is 0 Å². The van der Waals surface area contributed by atoms with E-state index < -0.39 is 24.6 Å². The van der Waals surface area contributed by atoms with E-state index in [1.165, 1.54) is 10.9 Å². The van der Waals surface area contributed by atoms with E-state index in [-0.39, 0.29) is 30.2 Å². The van der Waals surface area contributed by atoms with E-state index in [2.05, 4.69) is 15.0 Å². The maximum absolute atomic E-state index is 13.4. The molecule has 0 unspecified atom stereocenters. The molecule has 2 atom stereocenters. The van der Waals surface area contributed by atoms with Gasteiger partial charge >= 0.3 is 12.0 Å². The monoisotopic (exact) mass is 359 g/mol. The second-order valence-electron chi connectivity index (χ2n) is 5.52. The molecule has 2 N–H and O–H groups in total. The van der Waals surface area contributed by atoms with Gasteiger partial charge in [-0.3, -0.25) is 4.57 Å². The summed E-state index contributed by atoms with van der Waals surface area (Å²) in [5.41, 5.74) is 6.54. The number of ether oxygens (including phenoxy) is 3. The third-order valence-electron chi connectivity index (χ3n) is 3.82. The Morgan fingerprint density at radius 2 is 2.15 bits per heavy atom. The number of hydrogen-bond donors (Lipinski definition) is 1. The number of esters is 1. The lowest BCUT2D eigenvalue weighted by molar-refractivity contribution is -0.102. The number of imidazole rings is 1. The molecule has 1 aliphatic rings. The number of halogens is 1. The number of hydrogen-bond acceptors (Lipinski definition) is 8. The van der Waals surface area contributed by atoms with Gasteiger partial charge in [0, 0.05) is 0 Å². The molecule has 3 aromatic rings. The number of anilines is 1. The standard InChI is InChI=1S/C16H14FN5O4/c17-16-20-13(18)12-14(21-16)22(8-19-12)10-6-24-11(26-10)7-25-15(23)9-4-2-1-3-5-9/h1-5,8,10-11H,6-7H2,(H2,18,20,21)/t10-,11+/m1/s1. The van der Waals surface area contributed by atoms with Gasteiger partial charge in [0.25, 0.3) is 0 Å². The number of rotatable bonds is 4. The molecule has 2 aromatic heterocycles. The van der Waals surface area contributed by atoms with Crippen LogP contribution < -0.4 is 5.73 Å². The first kappa shape index (κ1) is 16.4. The van der Waals surface area contributed by atoms with Crippen LogP contribution >= 0.6 is 0 Å². The van der Waals surface area contributed by atoms with Gasteiger partial charge in [-0.2, -0.15) is 14.4 Å². The number of carbonyl (C=O) groups excluding carboxylic acids is 1. The smallest absolute Gasteiger partial charge is 0.338 e. The molecule has 1 fully saturated rings. The Kier molecular flexibility index (Phi) is 4.19. The molecular formula is C16H14FN5O4. The Bertz CT molecular complexity index is 948. The van der Waals surface area contributed by atoms with Crippen LogP contribution in [0.15, 0.2) is 36.7 Å². The van der Waals surface area contributed by atoms with Gasteiger partial charge in [0.2, 0.25) is 0 Å². The number of benzene rings is 1. The number of fused-ring (bicyclic) bond motifs is 1. The van der Waals surface area contributed by atoms with Gasteiger partial charge in [0.05, 0.1) is 18.5 Å². The van der Waals surface area contributed by atoms with Crippen LogP contribution in [0.1, 0.15) is 16.6 Å². The highest BCUT2D eigenvalue weighted by Gasteiger charge is 2.30. The van der Waals surface area contributed by atoms with Gasteiger partial charge in [-0.15, -0.1) is 0 Å². The van der Waals surface area contributed by atoms with E-state index in [9.17, 15) is 9.18 Å². The van der Waals surface area contributed by atoms with Crippen LogP contribution in [-0.2, 0) is 14.2 Å². The molecule has 9 nitrogen and oxygen atoms in total. The van der Waals surface area contributed by atoms with Gasteiger partial charge < -0.3 is 19.9 Å². The van der Waals surface area contributed by atoms with Crippen LogP contribution in [0.2, 0.25) is 0 Å². The lowest BCUT2D eigenvalue weighted by Gasteiger charge is -2.13. The zero-order valence-electron chi connectivity index (χ0n) is 13.4. The van der Waals surface area contributed by atoms with Crippen molar-refractivity contribution >= 4 is 23.0 Å². The van der Waals surface area contributed by atoms with E-state index in [0.29, 0.717) is 5.56 Å². The fourth-order valence-electron chi connectivity index (χ4n) is 2.60. The number of nitrogen functional groups attached to an aromatic ring is 1. The quantitative estimate of drug-likeness (QED) is 0.547. The Morgan fingerprint density at radius 1 is 1.35 bits per heavy atom. The number of carbonyl (C=O) groups is 1. The maximum atomic E-state index is 13.4. The molecule has 3 heterocycles. The summed E-state index contributed by atoms with van der Waals surface area (Å²) >= 11 is 0. The van der Waals surface area contributed by atoms with Gasteiger partial charge in [-0.05, 0) is 12.1 Å². The van der Waals surface area contributed by atoms with Crippen molar-refractivity contribution in [3.05, 3.63) is 48.3 Å². The molecular weight excluding hydrogens is 345 g/mol. The first-order valence-corrected chi connectivity index (χ1v) is 7.76. The molecule has 10 heteroatoms. The predicted molar refractivity (Wildman–Crippen MR) is 86.3 cm³/mol. The number of aromatic nitrogens is 4. The summed E-state index contributed by atoms with van der Waals surface area (Å²) < 4.78 is 31.2. The van der Waals surface area contributed by atoms with Gasteiger partial charge in [0.15, 0.2) is 29.5 Å². The van der Waals surface area contributed by atoms with E-state index in [1.54, 1.807) is 30.3 Å². The third kappa shape index (κ3) is 3.07. The molecule has 0 spiro atoms. The van der Waals surface area contributed by atoms with E-state index >= 15 is 0 Å². The van der Waals surface area contributed by atoms with Crippen LogP contribution in [0, 0.1) is 6.08 Å². The minimum Gasteiger partial charge on any atom is -0.457 e. The van der Waals surface area contributed by atoms with Crippen LogP contribution in [0.3, 0.4) is 0 Å². The zero-order chi connectivity index (χ0) is 18.1. The minimum atomic E-state index is -0.955. The molecule has 4 rings (SSSR count). The Hall–Kier alpha value is -3.11. The average molecular weight is 359 g/mol. The topological polar surface area (TPSA) is 114 Å². The van der Waals surface area contributed by atoms with Gasteiger partial charge in [-0.1, -0.05) is 18.2 Å². The fourth-order valence-corrected chi connectivity index (χ4v) is 2.60. The second kappa shape index (κ2) is 6.65. The minimum absolute atomic E-state index is 0.0569. The number of nitrogens with two attached hydrogens (primary N) is 1. The average Bonchev–Trinajstić information content (AvgIpc) is 3.27. The fraction of sp³-hybridized carbons (Fsp3) is 0.250. The van der Waals surface area contributed by atoms with E-state index in [0.717, 1.165) is 0 Å². The van der Waals surface area contributed by atoms with Crippen LogP contribution in [0.4, 0.5) is 10.2 Å². The van der Waals surface area contributed by atoms with Gasteiger partial charge in [-0.25, -0.2) is 9.78 Å². The highest BCUT2D eigenvalue weighted by molar-refractivity contribution is 5.89. The summed E-state index contributed by atoms with van der Waals surface area (Å²) in [6.45, 7) is 0.0763. The lowest BCUT2D eigenvalue weighted by Crippen LogP contribution is -2.20. The zero-order valence-corrected chi connectivity index (χ0v) is 13.4. The highest BCUT2D eigenvalue weighted by atomic mass is 19.1. The van der Waals surface area contributed by atoms with Crippen LogP contribution in [0.25, 0.3) is 11.2 Å². The summed E-state index contributed by atoms with van der Waals surface area (Å²) in [6.07, 6.45) is -0.895. The Morgan fingerprint density at radius 3 is 2.96 bits per heavy atom. The highest BCUT2D eigenvalue weighted by Crippen LogP contribution is 2.26. The molecule has 1 aromatic carbocycles.